The Kier molecular flexibility index (Phi) is 5.31. The van der Waals surface area contributed by atoms with Gasteiger partial charge in [-0.05, 0) is 37.8 Å². The zero-order valence-corrected chi connectivity index (χ0v) is 14.1. The Hall–Kier alpha value is -2.44. The van der Waals surface area contributed by atoms with E-state index in [1.165, 1.54) is 0 Å². The number of aryl methyl sites for hydroxylation is 3. The minimum absolute atomic E-state index is 0.0823. The second-order valence-electron chi connectivity index (χ2n) is 5.82. The normalized spacial score (nSPS) is 10.8. The second-order valence-corrected chi connectivity index (χ2v) is 5.82. The van der Waals surface area contributed by atoms with Gasteiger partial charge in [0.2, 0.25) is 5.91 Å². The molecule has 0 aliphatic rings. The standard InChI is InChI=1S/C16H23N5O2/c1-11-14(12(2)19-16(23)18-11)5-6-15(22)20(3)8-7-13-9-17-21(4)10-13/h9-10H,5-8H2,1-4H3,(H,18,19,23). The summed E-state index contributed by atoms with van der Waals surface area (Å²) in [6.07, 6.45) is 5.54. The maximum Gasteiger partial charge on any atom is 0.345 e. The van der Waals surface area contributed by atoms with E-state index >= 15 is 0 Å². The number of likely N-dealkylation sites (N-methyl/N-ethyl adjacent to an activating group) is 1. The Morgan fingerprint density at radius 3 is 2.70 bits per heavy atom. The highest BCUT2D eigenvalue weighted by atomic mass is 16.2. The van der Waals surface area contributed by atoms with E-state index in [9.17, 15) is 9.59 Å². The third kappa shape index (κ3) is 4.51. The van der Waals surface area contributed by atoms with Gasteiger partial charge in [-0.15, -0.1) is 0 Å². The number of carbonyl (C=O) groups excluding carboxylic acids is 1. The van der Waals surface area contributed by atoms with Crippen LogP contribution in [-0.4, -0.2) is 44.1 Å². The minimum Gasteiger partial charge on any atom is -0.345 e. The van der Waals surface area contributed by atoms with Gasteiger partial charge in [0, 0.05) is 44.6 Å². The van der Waals surface area contributed by atoms with Crippen LogP contribution in [0, 0.1) is 13.8 Å². The van der Waals surface area contributed by atoms with Crippen molar-refractivity contribution < 1.29 is 4.79 Å². The highest BCUT2D eigenvalue weighted by Gasteiger charge is 2.12. The van der Waals surface area contributed by atoms with Crippen LogP contribution in [0.5, 0.6) is 0 Å². The van der Waals surface area contributed by atoms with Crippen molar-refractivity contribution in [3.8, 4) is 0 Å². The van der Waals surface area contributed by atoms with E-state index in [1.54, 1.807) is 16.5 Å². The van der Waals surface area contributed by atoms with Crippen LogP contribution in [0.15, 0.2) is 17.2 Å². The summed E-state index contributed by atoms with van der Waals surface area (Å²) in [6.45, 7) is 4.29. The first-order valence-corrected chi connectivity index (χ1v) is 7.64. The third-order valence-electron chi connectivity index (χ3n) is 3.96. The van der Waals surface area contributed by atoms with Gasteiger partial charge in [0.1, 0.15) is 0 Å². The first kappa shape index (κ1) is 16.9. The fraction of sp³-hybridized carbons (Fsp3) is 0.500. The summed E-state index contributed by atoms with van der Waals surface area (Å²) in [7, 11) is 3.69. The lowest BCUT2D eigenvalue weighted by Gasteiger charge is -2.17. The molecule has 23 heavy (non-hydrogen) atoms. The first-order valence-electron chi connectivity index (χ1n) is 7.64. The molecule has 2 rings (SSSR count). The van der Waals surface area contributed by atoms with E-state index in [0.29, 0.717) is 25.1 Å². The molecule has 7 nitrogen and oxygen atoms in total. The molecule has 1 amide bonds. The molecule has 0 unspecified atom stereocenters. The molecule has 0 saturated heterocycles. The van der Waals surface area contributed by atoms with E-state index in [1.807, 2.05) is 33.4 Å². The Bertz CT molecular complexity index is 721. The SMILES string of the molecule is Cc1nc(=O)[nH]c(C)c1CCC(=O)N(C)CCc1cnn(C)c1. The van der Waals surface area contributed by atoms with Crippen molar-refractivity contribution in [2.75, 3.05) is 13.6 Å². The maximum absolute atomic E-state index is 12.2. The fourth-order valence-electron chi connectivity index (χ4n) is 2.57. The van der Waals surface area contributed by atoms with E-state index in [2.05, 4.69) is 15.1 Å². The van der Waals surface area contributed by atoms with Crippen molar-refractivity contribution in [1.29, 1.82) is 0 Å². The third-order valence-corrected chi connectivity index (χ3v) is 3.96. The molecule has 2 aromatic rings. The number of carbonyl (C=O) groups is 1. The summed E-state index contributed by atoms with van der Waals surface area (Å²) >= 11 is 0. The van der Waals surface area contributed by atoms with Crippen LogP contribution in [0.1, 0.15) is 28.9 Å². The highest BCUT2D eigenvalue weighted by Crippen LogP contribution is 2.10. The van der Waals surface area contributed by atoms with Crippen LogP contribution < -0.4 is 5.69 Å². The highest BCUT2D eigenvalue weighted by molar-refractivity contribution is 5.76. The molecule has 0 spiro atoms. The minimum atomic E-state index is -0.344. The summed E-state index contributed by atoms with van der Waals surface area (Å²) in [5, 5.41) is 4.12. The monoisotopic (exact) mass is 317 g/mol. The Morgan fingerprint density at radius 2 is 2.09 bits per heavy atom. The molecule has 0 atom stereocenters. The van der Waals surface area contributed by atoms with E-state index < -0.39 is 0 Å². The van der Waals surface area contributed by atoms with Crippen LogP contribution in [0.25, 0.3) is 0 Å². The van der Waals surface area contributed by atoms with Crippen molar-refractivity contribution in [3.63, 3.8) is 0 Å². The lowest BCUT2D eigenvalue weighted by Crippen LogP contribution is -2.29. The van der Waals surface area contributed by atoms with E-state index in [4.69, 9.17) is 0 Å². The molecule has 0 aromatic carbocycles. The molecule has 124 valence electrons. The number of hydrogen-bond acceptors (Lipinski definition) is 4. The summed E-state index contributed by atoms with van der Waals surface area (Å²) in [5.74, 6) is 0.0823. The molecule has 0 saturated carbocycles. The molecular weight excluding hydrogens is 294 g/mol. The van der Waals surface area contributed by atoms with Gasteiger partial charge in [-0.25, -0.2) is 4.79 Å². The number of amides is 1. The Morgan fingerprint density at radius 1 is 1.35 bits per heavy atom. The van der Waals surface area contributed by atoms with Gasteiger partial charge in [-0.1, -0.05) is 0 Å². The number of nitrogens with zero attached hydrogens (tertiary/aromatic N) is 4. The van der Waals surface area contributed by atoms with Gasteiger partial charge in [-0.3, -0.25) is 9.48 Å². The van der Waals surface area contributed by atoms with E-state index in [0.717, 1.165) is 23.2 Å². The number of rotatable bonds is 6. The van der Waals surface area contributed by atoms with Crippen LogP contribution in [0.3, 0.4) is 0 Å². The average Bonchev–Trinajstić information content (AvgIpc) is 2.89. The van der Waals surface area contributed by atoms with Gasteiger partial charge in [0.15, 0.2) is 0 Å². The smallest absolute Gasteiger partial charge is 0.345 e. The predicted octanol–water partition coefficient (Wildman–Crippen LogP) is 0.754. The van der Waals surface area contributed by atoms with Crippen LogP contribution in [0.4, 0.5) is 0 Å². The van der Waals surface area contributed by atoms with Crippen molar-refractivity contribution in [3.05, 3.63) is 45.4 Å². The maximum atomic E-state index is 12.2. The number of aromatic amines is 1. The van der Waals surface area contributed by atoms with Crippen molar-refractivity contribution in [2.45, 2.75) is 33.1 Å². The van der Waals surface area contributed by atoms with Gasteiger partial charge < -0.3 is 9.88 Å². The topological polar surface area (TPSA) is 83.9 Å². The van der Waals surface area contributed by atoms with Gasteiger partial charge in [0.05, 0.1) is 6.20 Å². The Balaban J connectivity index is 1.88. The molecule has 0 aliphatic heterocycles. The Labute approximate surface area is 135 Å². The number of H-pyrrole nitrogens is 1. The predicted molar refractivity (Wildman–Crippen MR) is 87.2 cm³/mol. The average molecular weight is 317 g/mol. The number of hydrogen-bond donors (Lipinski definition) is 1. The van der Waals surface area contributed by atoms with Crippen molar-refractivity contribution >= 4 is 5.91 Å². The van der Waals surface area contributed by atoms with Crippen molar-refractivity contribution in [1.82, 2.24) is 24.6 Å². The van der Waals surface area contributed by atoms with Crippen LogP contribution in [-0.2, 0) is 24.7 Å². The van der Waals surface area contributed by atoms with Gasteiger partial charge >= 0.3 is 5.69 Å². The van der Waals surface area contributed by atoms with Gasteiger partial charge in [-0.2, -0.15) is 10.1 Å². The zero-order valence-electron chi connectivity index (χ0n) is 14.1. The quantitative estimate of drug-likeness (QED) is 0.852. The molecule has 2 aromatic heterocycles. The first-order chi connectivity index (χ1) is 10.9. The molecule has 0 radical (unpaired) electrons. The molecular formula is C16H23N5O2. The largest absolute Gasteiger partial charge is 0.345 e. The summed E-state index contributed by atoms with van der Waals surface area (Å²) < 4.78 is 1.76. The number of nitrogens with one attached hydrogen (secondary N) is 1. The fourth-order valence-corrected chi connectivity index (χ4v) is 2.57. The molecule has 0 aliphatic carbocycles. The summed E-state index contributed by atoms with van der Waals surface area (Å²) in [5.41, 5.74) is 3.19. The van der Waals surface area contributed by atoms with Crippen molar-refractivity contribution in [2.24, 2.45) is 7.05 Å². The molecule has 0 bridgehead atoms. The summed E-state index contributed by atoms with van der Waals surface area (Å²) in [6, 6.07) is 0. The van der Waals surface area contributed by atoms with Crippen LogP contribution in [0.2, 0.25) is 0 Å². The van der Waals surface area contributed by atoms with Gasteiger partial charge in [0.25, 0.3) is 0 Å². The lowest BCUT2D eigenvalue weighted by atomic mass is 10.1. The summed E-state index contributed by atoms with van der Waals surface area (Å²) in [4.78, 5) is 31.8. The molecule has 7 heteroatoms. The van der Waals surface area contributed by atoms with Crippen LogP contribution >= 0.6 is 0 Å². The zero-order chi connectivity index (χ0) is 17.0. The van der Waals surface area contributed by atoms with E-state index in [-0.39, 0.29) is 11.6 Å². The molecule has 1 N–H and O–H groups in total. The molecule has 2 heterocycles. The second kappa shape index (κ2) is 7.21. The molecule has 0 fully saturated rings. The lowest BCUT2D eigenvalue weighted by molar-refractivity contribution is -0.129. The number of aromatic nitrogens is 4.